The minimum Gasteiger partial charge on any atom is -0.314 e. The molecular formula is C17H27N. The van der Waals surface area contributed by atoms with E-state index < -0.39 is 0 Å². The Bertz CT molecular complexity index is 364. The summed E-state index contributed by atoms with van der Waals surface area (Å²) in [5.74, 6) is 0. The number of hydrogen-bond acceptors (Lipinski definition) is 1. The van der Waals surface area contributed by atoms with Gasteiger partial charge in [0.25, 0.3) is 0 Å². The van der Waals surface area contributed by atoms with Crippen molar-refractivity contribution in [3.8, 4) is 0 Å². The van der Waals surface area contributed by atoms with Crippen LogP contribution in [0.15, 0.2) is 18.2 Å². The minimum atomic E-state index is 0.826. The van der Waals surface area contributed by atoms with E-state index in [1.165, 1.54) is 68.2 Å². The second-order valence-corrected chi connectivity index (χ2v) is 5.81. The molecule has 1 aromatic rings. The fourth-order valence-corrected chi connectivity index (χ4v) is 2.85. The van der Waals surface area contributed by atoms with Gasteiger partial charge in [0.15, 0.2) is 0 Å². The van der Waals surface area contributed by atoms with Gasteiger partial charge in [0.05, 0.1) is 0 Å². The normalized spacial score (nSPS) is 16.3. The summed E-state index contributed by atoms with van der Waals surface area (Å²) in [6, 6.07) is 7.71. The smallest absolute Gasteiger partial charge is 0.00670 e. The first-order valence-corrected chi connectivity index (χ1v) is 7.55. The van der Waals surface area contributed by atoms with Crippen molar-refractivity contribution in [2.45, 2.75) is 64.8 Å². The molecule has 18 heavy (non-hydrogen) atoms. The van der Waals surface area contributed by atoms with Gasteiger partial charge < -0.3 is 5.32 Å². The predicted molar refractivity (Wildman–Crippen MR) is 79.1 cm³/mol. The van der Waals surface area contributed by atoms with Crippen molar-refractivity contribution >= 4 is 0 Å². The second-order valence-electron chi connectivity index (χ2n) is 5.81. The van der Waals surface area contributed by atoms with Gasteiger partial charge in [-0.1, -0.05) is 31.0 Å². The van der Waals surface area contributed by atoms with Crippen LogP contribution < -0.4 is 5.32 Å². The molecule has 0 spiro atoms. The molecule has 1 nitrogen and oxygen atoms in total. The summed E-state index contributed by atoms with van der Waals surface area (Å²) in [7, 11) is 0. The first-order valence-electron chi connectivity index (χ1n) is 7.55. The summed E-state index contributed by atoms with van der Waals surface area (Å²) in [6.07, 6.45) is 9.51. The van der Waals surface area contributed by atoms with E-state index in [-0.39, 0.29) is 0 Å². The third-order valence-corrected chi connectivity index (χ3v) is 4.25. The highest BCUT2D eigenvalue weighted by Gasteiger charge is 2.12. The third kappa shape index (κ3) is 4.13. The Balaban J connectivity index is 1.61. The monoisotopic (exact) mass is 245 g/mol. The number of benzene rings is 1. The molecular weight excluding hydrogens is 218 g/mol. The molecule has 1 aliphatic rings. The van der Waals surface area contributed by atoms with E-state index in [4.69, 9.17) is 0 Å². The van der Waals surface area contributed by atoms with Gasteiger partial charge in [-0.3, -0.25) is 0 Å². The van der Waals surface area contributed by atoms with Gasteiger partial charge in [0.1, 0.15) is 0 Å². The Morgan fingerprint density at radius 1 is 1.06 bits per heavy atom. The average Bonchev–Trinajstić information content (AvgIpc) is 2.86. The highest BCUT2D eigenvalue weighted by molar-refractivity contribution is 5.29. The maximum atomic E-state index is 3.69. The SMILES string of the molecule is Cc1ccc(CCCCNC2CCCC2)cc1C. The van der Waals surface area contributed by atoms with Gasteiger partial charge in [0.2, 0.25) is 0 Å². The molecule has 1 N–H and O–H groups in total. The summed E-state index contributed by atoms with van der Waals surface area (Å²) < 4.78 is 0. The molecule has 100 valence electrons. The van der Waals surface area contributed by atoms with Crippen LogP contribution in [0.2, 0.25) is 0 Å². The Kier molecular flexibility index (Phi) is 5.25. The molecule has 0 heterocycles. The number of rotatable bonds is 6. The van der Waals surface area contributed by atoms with Crippen molar-refractivity contribution in [1.29, 1.82) is 0 Å². The molecule has 1 heteroatoms. The van der Waals surface area contributed by atoms with Gasteiger partial charge in [-0.25, -0.2) is 0 Å². The summed E-state index contributed by atoms with van der Waals surface area (Å²) in [5, 5.41) is 3.69. The number of unbranched alkanes of at least 4 members (excludes halogenated alkanes) is 1. The van der Waals surface area contributed by atoms with Crippen LogP contribution in [-0.2, 0) is 6.42 Å². The molecule has 0 amide bonds. The lowest BCUT2D eigenvalue weighted by atomic mass is 10.0. The van der Waals surface area contributed by atoms with Gasteiger partial charge in [-0.2, -0.15) is 0 Å². The maximum absolute atomic E-state index is 3.69. The lowest BCUT2D eigenvalue weighted by molar-refractivity contribution is 0.508. The number of aryl methyl sites for hydroxylation is 3. The number of hydrogen-bond donors (Lipinski definition) is 1. The molecule has 1 fully saturated rings. The molecule has 0 saturated heterocycles. The second kappa shape index (κ2) is 6.94. The topological polar surface area (TPSA) is 12.0 Å². The van der Waals surface area contributed by atoms with Crippen molar-refractivity contribution in [3.05, 3.63) is 34.9 Å². The molecule has 1 aromatic carbocycles. The van der Waals surface area contributed by atoms with E-state index >= 15 is 0 Å². The van der Waals surface area contributed by atoms with Crippen LogP contribution in [0, 0.1) is 13.8 Å². The Morgan fingerprint density at radius 3 is 2.56 bits per heavy atom. The zero-order chi connectivity index (χ0) is 12.8. The molecule has 0 bridgehead atoms. The van der Waals surface area contributed by atoms with Crippen molar-refractivity contribution < 1.29 is 0 Å². The highest BCUT2D eigenvalue weighted by Crippen LogP contribution is 2.17. The average molecular weight is 245 g/mol. The summed E-state index contributed by atoms with van der Waals surface area (Å²) in [5.41, 5.74) is 4.33. The van der Waals surface area contributed by atoms with Gasteiger partial charge >= 0.3 is 0 Å². The van der Waals surface area contributed by atoms with Crippen LogP contribution in [-0.4, -0.2) is 12.6 Å². The van der Waals surface area contributed by atoms with E-state index in [2.05, 4.69) is 37.4 Å². The summed E-state index contributed by atoms with van der Waals surface area (Å²) in [6.45, 7) is 5.60. The Labute approximate surface area is 112 Å². The zero-order valence-electron chi connectivity index (χ0n) is 12.0. The molecule has 1 saturated carbocycles. The van der Waals surface area contributed by atoms with Crippen LogP contribution in [0.4, 0.5) is 0 Å². The molecule has 0 radical (unpaired) electrons. The Hall–Kier alpha value is -0.820. The molecule has 0 aliphatic heterocycles. The fraction of sp³-hybridized carbons (Fsp3) is 0.647. The first-order chi connectivity index (χ1) is 8.75. The van der Waals surface area contributed by atoms with Crippen LogP contribution in [0.3, 0.4) is 0 Å². The van der Waals surface area contributed by atoms with Crippen molar-refractivity contribution in [2.24, 2.45) is 0 Å². The molecule has 0 aromatic heterocycles. The first kappa shape index (κ1) is 13.6. The quantitative estimate of drug-likeness (QED) is 0.742. The molecule has 2 rings (SSSR count). The van der Waals surface area contributed by atoms with Crippen LogP contribution >= 0.6 is 0 Å². The van der Waals surface area contributed by atoms with Crippen molar-refractivity contribution in [1.82, 2.24) is 5.32 Å². The number of nitrogens with one attached hydrogen (secondary N) is 1. The molecule has 0 unspecified atom stereocenters. The van der Waals surface area contributed by atoms with E-state index in [1.807, 2.05) is 0 Å². The zero-order valence-corrected chi connectivity index (χ0v) is 12.0. The maximum Gasteiger partial charge on any atom is 0.00670 e. The predicted octanol–water partition coefficient (Wildman–Crippen LogP) is 4.16. The fourth-order valence-electron chi connectivity index (χ4n) is 2.85. The van der Waals surface area contributed by atoms with Crippen LogP contribution in [0.1, 0.15) is 55.2 Å². The van der Waals surface area contributed by atoms with E-state index in [0.717, 1.165) is 6.04 Å². The van der Waals surface area contributed by atoms with Gasteiger partial charge in [0, 0.05) is 6.04 Å². The minimum absolute atomic E-state index is 0.826. The lowest BCUT2D eigenvalue weighted by Gasteiger charge is -2.11. The lowest BCUT2D eigenvalue weighted by Crippen LogP contribution is -2.26. The van der Waals surface area contributed by atoms with Crippen molar-refractivity contribution in [2.75, 3.05) is 6.54 Å². The van der Waals surface area contributed by atoms with Crippen LogP contribution in [0.5, 0.6) is 0 Å². The third-order valence-electron chi connectivity index (χ3n) is 4.25. The Morgan fingerprint density at radius 2 is 1.83 bits per heavy atom. The molecule has 0 atom stereocenters. The molecule has 1 aliphatic carbocycles. The van der Waals surface area contributed by atoms with Crippen LogP contribution in [0.25, 0.3) is 0 Å². The van der Waals surface area contributed by atoms with Gasteiger partial charge in [-0.05, 0) is 69.2 Å². The summed E-state index contributed by atoms with van der Waals surface area (Å²) in [4.78, 5) is 0. The highest BCUT2D eigenvalue weighted by atomic mass is 14.9. The van der Waals surface area contributed by atoms with E-state index in [0.29, 0.717) is 0 Å². The van der Waals surface area contributed by atoms with Gasteiger partial charge in [-0.15, -0.1) is 0 Å². The van der Waals surface area contributed by atoms with E-state index in [9.17, 15) is 0 Å². The standard InChI is InChI=1S/C17H27N/c1-14-10-11-16(13-15(14)2)7-5-6-12-18-17-8-3-4-9-17/h10-11,13,17-18H,3-9,12H2,1-2H3. The largest absolute Gasteiger partial charge is 0.314 e. The summed E-state index contributed by atoms with van der Waals surface area (Å²) >= 11 is 0. The van der Waals surface area contributed by atoms with E-state index in [1.54, 1.807) is 0 Å². The van der Waals surface area contributed by atoms with Crippen molar-refractivity contribution in [3.63, 3.8) is 0 Å².